The molecule has 0 atom stereocenters. The van der Waals surface area contributed by atoms with E-state index in [1.54, 1.807) is 0 Å². The first-order chi connectivity index (χ1) is 15.6. The molecule has 0 fully saturated rings. The van der Waals surface area contributed by atoms with E-state index in [1.807, 2.05) is 71.7 Å². The Kier molecular flexibility index (Phi) is 9.18. The number of hydrogen-bond donors (Lipinski definition) is 0. The maximum atomic E-state index is 4.69. The average molecular weight is 461 g/mol. The zero-order valence-electron chi connectivity index (χ0n) is 21.9. The van der Waals surface area contributed by atoms with Gasteiger partial charge in [0.15, 0.2) is 0 Å². The minimum Gasteiger partial charge on any atom is -0.344 e. The number of rotatable bonds is 12. The summed E-state index contributed by atoms with van der Waals surface area (Å²) in [4.78, 5) is 40.0. The summed E-state index contributed by atoms with van der Waals surface area (Å²) < 4.78 is 0. The summed E-state index contributed by atoms with van der Waals surface area (Å²) in [6, 6.07) is 0. The summed E-state index contributed by atoms with van der Waals surface area (Å²) in [6.45, 7) is 12.0. The predicted octanol–water partition coefficient (Wildman–Crippen LogP) is 1.41. The van der Waals surface area contributed by atoms with Gasteiger partial charge in [-0.3, -0.25) is 0 Å². The van der Waals surface area contributed by atoms with Crippen LogP contribution in [0.5, 0.6) is 0 Å². The molecule has 0 aliphatic carbocycles. The van der Waals surface area contributed by atoms with Crippen molar-refractivity contribution >= 4 is 35.7 Å². The molecule has 2 heterocycles. The van der Waals surface area contributed by atoms with Gasteiger partial charge in [0, 0.05) is 68.5 Å². The van der Waals surface area contributed by atoms with Crippen molar-refractivity contribution in [3.05, 3.63) is 0 Å². The van der Waals surface area contributed by atoms with Crippen LogP contribution in [0.4, 0.5) is 35.7 Å². The van der Waals surface area contributed by atoms with Gasteiger partial charge in [-0.05, 0) is 27.7 Å². The fourth-order valence-electron chi connectivity index (χ4n) is 2.72. The van der Waals surface area contributed by atoms with Crippen LogP contribution >= 0.6 is 0 Å². The molecule has 0 radical (unpaired) electrons. The van der Waals surface area contributed by atoms with Crippen molar-refractivity contribution in [2.24, 2.45) is 0 Å². The van der Waals surface area contributed by atoms with Crippen molar-refractivity contribution in [1.29, 1.82) is 0 Å². The molecular weight excluding hydrogens is 420 g/mol. The van der Waals surface area contributed by atoms with Crippen molar-refractivity contribution in [3.8, 4) is 0 Å². The summed E-state index contributed by atoms with van der Waals surface area (Å²) in [5.41, 5.74) is 0. The third kappa shape index (κ3) is 6.42. The molecule has 0 aliphatic rings. The molecule has 184 valence electrons. The molecule has 2 aromatic rings. The van der Waals surface area contributed by atoms with E-state index >= 15 is 0 Å². The summed E-state index contributed by atoms with van der Waals surface area (Å²) in [6.07, 6.45) is 0. The molecule has 2 aromatic heterocycles. The third-order valence-corrected chi connectivity index (χ3v) is 5.57. The molecule has 2 rings (SSSR count). The fraction of sp³-hybridized carbons (Fsp3) is 0.714. The maximum absolute atomic E-state index is 4.69. The molecule has 0 unspecified atom stereocenters. The van der Waals surface area contributed by atoms with Crippen molar-refractivity contribution < 1.29 is 0 Å². The Bertz CT molecular complexity index is 764. The van der Waals surface area contributed by atoms with Gasteiger partial charge in [-0.15, -0.1) is 0 Å². The molecule has 0 aromatic carbocycles. The van der Waals surface area contributed by atoms with E-state index in [2.05, 4.69) is 37.7 Å². The van der Waals surface area contributed by atoms with Crippen LogP contribution in [-0.2, 0) is 0 Å². The van der Waals surface area contributed by atoms with Crippen LogP contribution in [0.25, 0.3) is 0 Å². The lowest BCUT2D eigenvalue weighted by Crippen LogP contribution is -2.36. The summed E-state index contributed by atoms with van der Waals surface area (Å²) >= 11 is 0. The van der Waals surface area contributed by atoms with E-state index in [0.29, 0.717) is 42.4 Å². The normalized spacial score (nSPS) is 10.7. The lowest BCUT2D eigenvalue weighted by molar-refractivity contribution is 0.762. The molecule has 0 amide bonds. The van der Waals surface area contributed by atoms with E-state index < -0.39 is 0 Å². The molecule has 0 bridgehead atoms. The molecule has 12 heteroatoms. The van der Waals surface area contributed by atoms with Gasteiger partial charge in [-0.2, -0.15) is 29.9 Å². The first-order valence-corrected chi connectivity index (χ1v) is 11.4. The molecule has 0 aliphatic heterocycles. The van der Waals surface area contributed by atoms with Gasteiger partial charge in [0.25, 0.3) is 0 Å². The smallest absolute Gasteiger partial charge is 0.233 e. The monoisotopic (exact) mass is 460 g/mol. The Labute approximate surface area is 198 Å². The van der Waals surface area contributed by atoms with Crippen LogP contribution < -0.4 is 29.4 Å². The Morgan fingerprint density at radius 2 is 0.545 bits per heavy atom. The Balaban J connectivity index is 2.37. The van der Waals surface area contributed by atoms with Gasteiger partial charge in [0.05, 0.1) is 6.67 Å². The van der Waals surface area contributed by atoms with Gasteiger partial charge in [-0.1, -0.05) is 0 Å². The fourth-order valence-corrected chi connectivity index (χ4v) is 2.72. The number of anilines is 6. The standard InChI is InChI=1S/C21H40N12/c1-11-28(5)16-22-17(29(6)12-2)25-20(24-16)32(9)15-33(10)21-26-18(30(7)13-3)23-19(27-21)31(8)14-4/h11-15H2,1-10H3. The number of nitrogens with zero attached hydrogens (tertiary/aromatic N) is 12. The number of aromatic nitrogens is 6. The highest BCUT2D eigenvalue weighted by atomic mass is 15.4. The topological polar surface area (TPSA) is 96.8 Å². The summed E-state index contributed by atoms with van der Waals surface area (Å²) in [7, 11) is 11.8. The Hall–Kier alpha value is -3.18. The van der Waals surface area contributed by atoms with Gasteiger partial charge < -0.3 is 29.4 Å². The third-order valence-electron chi connectivity index (χ3n) is 5.57. The minimum absolute atomic E-state index is 0.489. The Morgan fingerprint density at radius 1 is 0.364 bits per heavy atom. The molecule has 0 spiro atoms. The predicted molar refractivity (Wildman–Crippen MR) is 137 cm³/mol. The van der Waals surface area contributed by atoms with E-state index in [0.717, 1.165) is 26.2 Å². The average Bonchev–Trinajstić information content (AvgIpc) is 2.85. The highest BCUT2D eigenvalue weighted by Crippen LogP contribution is 2.20. The van der Waals surface area contributed by atoms with Crippen molar-refractivity contribution in [2.45, 2.75) is 27.7 Å². The van der Waals surface area contributed by atoms with E-state index in [-0.39, 0.29) is 0 Å². The summed E-state index contributed by atoms with van der Waals surface area (Å²) in [5.74, 6) is 3.76. The number of hydrogen-bond acceptors (Lipinski definition) is 12. The zero-order valence-corrected chi connectivity index (χ0v) is 21.9. The lowest BCUT2D eigenvalue weighted by Gasteiger charge is -2.28. The van der Waals surface area contributed by atoms with Gasteiger partial charge in [0.2, 0.25) is 35.7 Å². The zero-order chi connectivity index (χ0) is 24.7. The molecule has 0 saturated carbocycles. The van der Waals surface area contributed by atoms with E-state index in [1.165, 1.54) is 0 Å². The van der Waals surface area contributed by atoms with Crippen LogP contribution in [-0.4, -0.2) is 105 Å². The second kappa shape index (κ2) is 11.6. The SMILES string of the molecule is CCN(C)c1nc(N(C)CC)nc(N(C)CN(C)c2nc(N(C)CC)nc(N(C)CC)n2)n1. The first kappa shape index (κ1) is 26.1. The van der Waals surface area contributed by atoms with Gasteiger partial charge in [0.1, 0.15) is 0 Å². The minimum atomic E-state index is 0.489. The quantitative estimate of drug-likeness (QED) is 0.428. The van der Waals surface area contributed by atoms with Crippen molar-refractivity contribution in [1.82, 2.24) is 29.9 Å². The van der Waals surface area contributed by atoms with Crippen molar-refractivity contribution in [2.75, 3.05) is 105 Å². The second-order valence-electron chi connectivity index (χ2n) is 8.06. The Morgan fingerprint density at radius 3 is 0.727 bits per heavy atom. The highest BCUT2D eigenvalue weighted by molar-refractivity contribution is 5.48. The lowest BCUT2D eigenvalue weighted by atomic mass is 10.6. The van der Waals surface area contributed by atoms with Crippen LogP contribution in [0.15, 0.2) is 0 Å². The highest BCUT2D eigenvalue weighted by Gasteiger charge is 2.19. The van der Waals surface area contributed by atoms with Crippen molar-refractivity contribution in [3.63, 3.8) is 0 Å². The molecule has 12 nitrogen and oxygen atoms in total. The van der Waals surface area contributed by atoms with Crippen LogP contribution in [0, 0.1) is 0 Å². The summed E-state index contributed by atoms with van der Waals surface area (Å²) in [5, 5.41) is 0. The van der Waals surface area contributed by atoms with Crippen LogP contribution in [0.3, 0.4) is 0 Å². The van der Waals surface area contributed by atoms with Crippen LogP contribution in [0.1, 0.15) is 27.7 Å². The van der Waals surface area contributed by atoms with Crippen LogP contribution in [0.2, 0.25) is 0 Å². The first-order valence-electron chi connectivity index (χ1n) is 11.4. The van der Waals surface area contributed by atoms with Gasteiger partial charge >= 0.3 is 0 Å². The van der Waals surface area contributed by atoms with E-state index in [4.69, 9.17) is 19.9 Å². The molecule has 33 heavy (non-hydrogen) atoms. The maximum Gasteiger partial charge on any atom is 0.233 e. The molecule has 0 saturated heterocycles. The second-order valence-corrected chi connectivity index (χ2v) is 8.06. The largest absolute Gasteiger partial charge is 0.344 e. The van der Waals surface area contributed by atoms with E-state index in [9.17, 15) is 0 Å². The van der Waals surface area contributed by atoms with Gasteiger partial charge in [-0.25, -0.2) is 0 Å². The molecule has 0 N–H and O–H groups in total. The molecular formula is C21H40N12.